The van der Waals surface area contributed by atoms with E-state index in [-0.39, 0.29) is 5.56 Å². The third-order valence-corrected chi connectivity index (χ3v) is 3.44. The van der Waals surface area contributed by atoms with E-state index < -0.39 is 5.97 Å². The van der Waals surface area contributed by atoms with Gasteiger partial charge in [0, 0.05) is 17.3 Å². The molecule has 1 heterocycles. The highest BCUT2D eigenvalue weighted by atomic mass is 16.5. The van der Waals surface area contributed by atoms with E-state index in [0.29, 0.717) is 16.6 Å². The number of nitrogens with two attached hydrogens (primary N) is 1. The molecular weight excluding hydrogens is 268 g/mol. The summed E-state index contributed by atoms with van der Waals surface area (Å²) in [6.45, 7) is 0. The lowest BCUT2D eigenvalue weighted by molar-refractivity contribution is 0.0699. The Morgan fingerprint density at radius 2 is 1.90 bits per heavy atom. The zero-order valence-corrected chi connectivity index (χ0v) is 11.4. The van der Waals surface area contributed by atoms with Gasteiger partial charge in [0.2, 0.25) is 0 Å². The molecule has 2 aromatic carbocycles. The first kappa shape index (κ1) is 13.1. The lowest BCUT2D eigenvalue weighted by Crippen LogP contribution is -1.96. The van der Waals surface area contributed by atoms with Crippen LogP contribution in [0.5, 0.6) is 5.75 Å². The van der Waals surface area contributed by atoms with E-state index in [1.54, 1.807) is 36.1 Å². The topological polar surface area (TPSA) is 77.5 Å². The minimum atomic E-state index is -0.974. The summed E-state index contributed by atoms with van der Waals surface area (Å²) in [4.78, 5) is 11.4. The van der Waals surface area contributed by atoms with Crippen LogP contribution in [0.4, 0.5) is 5.69 Å². The maximum Gasteiger partial charge on any atom is 0.337 e. The molecule has 0 fully saturated rings. The molecule has 0 amide bonds. The summed E-state index contributed by atoms with van der Waals surface area (Å²) in [5.41, 5.74) is 8.31. The van der Waals surface area contributed by atoms with E-state index in [1.165, 1.54) is 0 Å². The first-order chi connectivity index (χ1) is 10.1. The summed E-state index contributed by atoms with van der Waals surface area (Å²) in [6.07, 6.45) is 1.59. The van der Waals surface area contributed by atoms with Crippen molar-refractivity contribution in [2.75, 3.05) is 12.8 Å². The van der Waals surface area contributed by atoms with Crippen molar-refractivity contribution in [1.29, 1.82) is 0 Å². The van der Waals surface area contributed by atoms with Crippen molar-refractivity contribution >= 4 is 22.6 Å². The molecule has 0 bridgehead atoms. The summed E-state index contributed by atoms with van der Waals surface area (Å²) in [6, 6.07) is 12.6. The molecule has 106 valence electrons. The van der Waals surface area contributed by atoms with E-state index >= 15 is 0 Å². The number of aromatic carboxylic acids is 1. The molecule has 21 heavy (non-hydrogen) atoms. The maximum atomic E-state index is 11.4. The van der Waals surface area contributed by atoms with Gasteiger partial charge in [0.1, 0.15) is 5.75 Å². The summed E-state index contributed by atoms with van der Waals surface area (Å²) >= 11 is 0. The van der Waals surface area contributed by atoms with Crippen LogP contribution in [0.25, 0.3) is 16.6 Å². The predicted molar refractivity (Wildman–Crippen MR) is 81.2 cm³/mol. The van der Waals surface area contributed by atoms with Crippen LogP contribution in [0.15, 0.2) is 48.7 Å². The van der Waals surface area contributed by atoms with E-state index in [2.05, 4.69) is 0 Å². The Morgan fingerprint density at radius 1 is 1.19 bits per heavy atom. The first-order valence-electron chi connectivity index (χ1n) is 6.39. The van der Waals surface area contributed by atoms with Crippen molar-refractivity contribution in [3.05, 3.63) is 54.2 Å². The molecule has 0 saturated carbocycles. The van der Waals surface area contributed by atoms with Crippen LogP contribution >= 0.6 is 0 Å². The number of para-hydroxylation sites is 1. The van der Waals surface area contributed by atoms with Gasteiger partial charge >= 0.3 is 5.97 Å². The fraction of sp³-hybridized carbons (Fsp3) is 0.0625. The van der Waals surface area contributed by atoms with E-state index in [9.17, 15) is 9.90 Å². The number of hydrogen-bond acceptors (Lipinski definition) is 3. The molecule has 3 aromatic rings. The van der Waals surface area contributed by atoms with Crippen molar-refractivity contribution in [3.63, 3.8) is 0 Å². The average molecular weight is 282 g/mol. The number of nitrogen functional groups attached to an aromatic ring is 1. The first-order valence-corrected chi connectivity index (χ1v) is 6.39. The quantitative estimate of drug-likeness (QED) is 0.724. The Labute approximate surface area is 121 Å². The smallest absolute Gasteiger partial charge is 0.337 e. The Hall–Kier alpha value is -2.95. The van der Waals surface area contributed by atoms with Crippen LogP contribution in [-0.4, -0.2) is 22.8 Å². The standard InChI is InChI=1S/C16H14N2O3/c1-21-11-7-5-10(6-8-11)18-9-13(16(19)20)12-3-2-4-14(17)15(12)18/h2-9H,17H2,1H3,(H,19,20). The number of methoxy groups -OCH3 is 1. The van der Waals surface area contributed by atoms with Crippen LogP contribution in [0.1, 0.15) is 10.4 Å². The summed E-state index contributed by atoms with van der Waals surface area (Å²) < 4.78 is 6.92. The number of benzene rings is 2. The molecule has 0 radical (unpaired) electrons. The number of rotatable bonds is 3. The van der Waals surface area contributed by atoms with Gasteiger partial charge in [0.05, 0.1) is 23.9 Å². The Bertz CT molecular complexity index is 819. The van der Waals surface area contributed by atoms with Crippen molar-refractivity contribution in [2.45, 2.75) is 0 Å². The minimum absolute atomic E-state index is 0.230. The number of ether oxygens (including phenoxy) is 1. The number of anilines is 1. The maximum absolute atomic E-state index is 11.4. The number of nitrogens with zero attached hydrogens (tertiary/aromatic N) is 1. The van der Waals surface area contributed by atoms with Crippen LogP contribution < -0.4 is 10.5 Å². The van der Waals surface area contributed by atoms with Crippen molar-refractivity contribution in [1.82, 2.24) is 4.57 Å². The van der Waals surface area contributed by atoms with Gasteiger partial charge in [0.15, 0.2) is 0 Å². The van der Waals surface area contributed by atoms with Gasteiger partial charge in [0.25, 0.3) is 0 Å². The highest BCUT2D eigenvalue weighted by molar-refractivity contribution is 6.07. The van der Waals surface area contributed by atoms with Gasteiger partial charge in [-0.3, -0.25) is 0 Å². The number of carbonyl (C=O) groups is 1. The van der Waals surface area contributed by atoms with Crippen LogP contribution in [0, 0.1) is 0 Å². The lowest BCUT2D eigenvalue weighted by Gasteiger charge is -2.08. The molecule has 0 saturated heterocycles. The minimum Gasteiger partial charge on any atom is -0.497 e. The van der Waals surface area contributed by atoms with Gasteiger partial charge in [-0.15, -0.1) is 0 Å². The van der Waals surface area contributed by atoms with Crippen molar-refractivity contribution in [2.24, 2.45) is 0 Å². The van der Waals surface area contributed by atoms with Gasteiger partial charge in [-0.25, -0.2) is 4.79 Å². The summed E-state index contributed by atoms with van der Waals surface area (Å²) in [5, 5.41) is 9.97. The summed E-state index contributed by atoms with van der Waals surface area (Å²) in [5.74, 6) is -0.237. The van der Waals surface area contributed by atoms with Crippen molar-refractivity contribution in [3.8, 4) is 11.4 Å². The number of fused-ring (bicyclic) bond motifs is 1. The summed E-state index contributed by atoms with van der Waals surface area (Å²) in [7, 11) is 1.60. The fourth-order valence-corrected chi connectivity index (χ4v) is 2.43. The molecule has 0 aliphatic carbocycles. The molecule has 3 N–H and O–H groups in total. The molecular formula is C16H14N2O3. The van der Waals surface area contributed by atoms with Crippen LogP contribution in [0.3, 0.4) is 0 Å². The highest BCUT2D eigenvalue weighted by Gasteiger charge is 2.16. The molecule has 0 aliphatic heterocycles. The largest absolute Gasteiger partial charge is 0.497 e. The molecule has 0 unspecified atom stereocenters. The Morgan fingerprint density at radius 3 is 2.52 bits per heavy atom. The van der Waals surface area contributed by atoms with Crippen LogP contribution in [-0.2, 0) is 0 Å². The second kappa shape index (κ2) is 4.86. The Kier molecular flexibility index (Phi) is 3.02. The Balaban J connectivity index is 2.28. The number of hydrogen-bond donors (Lipinski definition) is 2. The predicted octanol–water partition coefficient (Wildman–Crippen LogP) is 2.92. The van der Waals surface area contributed by atoms with Crippen molar-refractivity contribution < 1.29 is 14.6 Å². The average Bonchev–Trinajstić information content (AvgIpc) is 2.88. The normalized spacial score (nSPS) is 10.7. The molecule has 5 heteroatoms. The number of carboxylic acids is 1. The van der Waals surface area contributed by atoms with Gasteiger partial charge in [-0.2, -0.15) is 0 Å². The molecule has 1 aromatic heterocycles. The highest BCUT2D eigenvalue weighted by Crippen LogP contribution is 2.29. The zero-order valence-electron chi connectivity index (χ0n) is 11.4. The third kappa shape index (κ3) is 2.08. The van der Waals surface area contributed by atoms with Crippen LogP contribution in [0.2, 0.25) is 0 Å². The lowest BCUT2D eigenvalue weighted by atomic mass is 10.1. The van der Waals surface area contributed by atoms with E-state index in [1.807, 2.05) is 24.3 Å². The molecule has 0 atom stereocenters. The monoisotopic (exact) mass is 282 g/mol. The molecule has 5 nitrogen and oxygen atoms in total. The van der Waals surface area contributed by atoms with E-state index in [4.69, 9.17) is 10.5 Å². The number of carboxylic acid groups (broad SMARTS) is 1. The molecule has 0 aliphatic rings. The number of aromatic nitrogens is 1. The zero-order chi connectivity index (χ0) is 15.0. The van der Waals surface area contributed by atoms with E-state index in [0.717, 1.165) is 11.4 Å². The SMILES string of the molecule is COc1ccc(-n2cc(C(=O)O)c3cccc(N)c32)cc1. The van der Waals surface area contributed by atoms with Gasteiger partial charge < -0.3 is 20.1 Å². The van der Waals surface area contributed by atoms with Gasteiger partial charge in [-0.1, -0.05) is 12.1 Å². The second-order valence-corrected chi connectivity index (χ2v) is 4.66. The second-order valence-electron chi connectivity index (χ2n) is 4.66. The third-order valence-electron chi connectivity index (χ3n) is 3.44. The molecule has 0 spiro atoms. The van der Waals surface area contributed by atoms with Gasteiger partial charge in [-0.05, 0) is 30.3 Å². The molecule has 3 rings (SSSR count). The fourth-order valence-electron chi connectivity index (χ4n) is 2.43.